The number of hydrogen-bond acceptors (Lipinski definition) is 4. The van der Waals surface area contributed by atoms with Gasteiger partial charge in [0.05, 0.1) is 0 Å². The maximum atomic E-state index is 12.6. The molecule has 4 amide bonds. The zero-order valence-electron chi connectivity index (χ0n) is 14.1. The Morgan fingerprint density at radius 2 is 2.00 bits per heavy atom. The number of carbonyl (C=O) groups is 3. The van der Waals surface area contributed by atoms with Crippen LogP contribution in [0.15, 0.2) is 24.3 Å². The van der Waals surface area contributed by atoms with E-state index in [0.717, 1.165) is 16.0 Å². The Hall–Kier alpha value is -2.41. The standard InChI is InChI=1S/C17H23N3O4/c1-10(2)14(15(21)19-24)20-16(22)13(18-17(20)23)9-8-12-7-5-4-6-11(12)3/h4-7,10,13-14,24H,8-9H2,1-3H3,(H,18,23)(H,19,21)/t13-,14+/m0/s1. The van der Waals surface area contributed by atoms with Gasteiger partial charge >= 0.3 is 6.03 Å². The number of aryl methyl sites for hydroxylation is 2. The van der Waals surface area contributed by atoms with Crippen LogP contribution in [0, 0.1) is 12.8 Å². The molecule has 1 aromatic carbocycles. The first-order valence-electron chi connectivity index (χ1n) is 7.98. The molecule has 0 bridgehead atoms. The first kappa shape index (κ1) is 17.9. The average molecular weight is 333 g/mol. The monoisotopic (exact) mass is 333 g/mol. The largest absolute Gasteiger partial charge is 0.326 e. The van der Waals surface area contributed by atoms with Crippen LogP contribution in [0.1, 0.15) is 31.4 Å². The lowest BCUT2D eigenvalue weighted by Gasteiger charge is -2.26. The van der Waals surface area contributed by atoms with Gasteiger partial charge in [-0.1, -0.05) is 38.1 Å². The second kappa shape index (κ2) is 7.44. The maximum absolute atomic E-state index is 12.6. The van der Waals surface area contributed by atoms with Crippen molar-refractivity contribution < 1.29 is 19.6 Å². The van der Waals surface area contributed by atoms with E-state index in [1.807, 2.05) is 31.2 Å². The summed E-state index contributed by atoms with van der Waals surface area (Å²) >= 11 is 0. The van der Waals surface area contributed by atoms with Gasteiger partial charge in [0.2, 0.25) is 0 Å². The number of rotatable bonds is 6. The van der Waals surface area contributed by atoms with Crippen LogP contribution in [0.25, 0.3) is 0 Å². The third kappa shape index (κ3) is 3.56. The van der Waals surface area contributed by atoms with Crippen LogP contribution in [0.3, 0.4) is 0 Å². The average Bonchev–Trinajstić information content (AvgIpc) is 2.81. The molecule has 0 saturated carbocycles. The first-order valence-corrected chi connectivity index (χ1v) is 7.98. The Kier molecular flexibility index (Phi) is 5.56. The van der Waals surface area contributed by atoms with Crippen LogP contribution in [0.4, 0.5) is 4.79 Å². The Bertz CT molecular complexity index is 644. The Labute approximate surface area is 141 Å². The lowest BCUT2D eigenvalue weighted by molar-refractivity contribution is -0.142. The molecule has 1 aromatic rings. The Morgan fingerprint density at radius 1 is 1.33 bits per heavy atom. The minimum absolute atomic E-state index is 0.318. The van der Waals surface area contributed by atoms with Crippen LogP contribution in [-0.2, 0) is 16.0 Å². The van der Waals surface area contributed by atoms with E-state index in [-0.39, 0.29) is 5.92 Å². The molecule has 2 rings (SSSR count). The highest BCUT2D eigenvalue weighted by atomic mass is 16.5. The minimum atomic E-state index is -1.04. The molecule has 1 aliphatic heterocycles. The van der Waals surface area contributed by atoms with Gasteiger partial charge in [-0.05, 0) is 36.8 Å². The van der Waals surface area contributed by atoms with Gasteiger partial charge in [0.25, 0.3) is 11.8 Å². The van der Waals surface area contributed by atoms with Gasteiger partial charge < -0.3 is 5.32 Å². The lowest BCUT2D eigenvalue weighted by atomic mass is 9.99. The van der Waals surface area contributed by atoms with Crippen molar-refractivity contribution in [1.82, 2.24) is 15.7 Å². The summed E-state index contributed by atoms with van der Waals surface area (Å²) < 4.78 is 0. The van der Waals surface area contributed by atoms with Crippen molar-refractivity contribution in [2.24, 2.45) is 5.92 Å². The second-order valence-electron chi connectivity index (χ2n) is 6.34. The van der Waals surface area contributed by atoms with Crippen LogP contribution in [-0.4, -0.2) is 40.0 Å². The second-order valence-corrected chi connectivity index (χ2v) is 6.34. The molecule has 7 nitrogen and oxygen atoms in total. The number of hydrogen-bond donors (Lipinski definition) is 3. The Balaban J connectivity index is 2.10. The number of nitrogens with zero attached hydrogens (tertiary/aromatic N) is 1. The lowest BCUT2D eigenvalue weighted by Crippen LogP contribution is -2.52. The summed E-state index contributed by atoms with van der Waals surface area (Å²) in [7, 11) is 0. The van der Waals surface area contributed by atoms with E-state index in [4.69, 9.17) is 5.21 Å². The number of amides is 4. The van der Waals surface area contributed by atoms with Crippen LogP contribution < -0.4 is 10.8 Å². The molecule has 2 atom stereocenters. The van der Waals surface area contributed by atoms with E-state index in [1.54, 1.807) is 13.8 Å². The fourth-order valence-corrected chi connectivity index (χ4v) is 2.98. The predicted octanol–water partition coefficient (Wildman–Crippen LogP) is 1.38. The van der Waals surface area contributed by atoms with Crippen molar-refractivity contribution >= 4 is 17.8 Å². The fraction of sp³-hybridized carbons (Fsp3) is 0.471. The topological polar surface area (TPSA) is 98.7 Å². The van der Waals surface area contributed by atoms with Crippen LogP contribution in [0.5, 0.6) is 0 Å². The van der Waals surface area contributed by atoms with Gasteiger partial charge in [-0.3, -0.25) is 14.8 Å². The maximum Gasteiger partial charge on any atom is 0.325 e. The fourth-order valence-electron chi connectivity index (χ4n) is 2.98. The van der Waals surface area contributed by atoms with E-state index in [9.17, 15) is 14.4 Å². The molecular formula is C17H23N3O4. The van der Waals surface area contributed by atoms with Gasteiger partial charge in [0.1, 0.15) is 12.1 Å². The zero-order valence-corrected chi connectivity index (χ0v) is 14.1. The van der Waals surface area contributed by atoms with Crippen molar-refractivity contribution in [1.29, 1.82) is 0 Å². The van der Waals surface area contributed by atoms with Gasteiger partial charge in [0, 0.05) is 0 Å². The van der Waals surface area contributed by atoms with Crippen molar-refractivity contribution in [3.05, 3.63) is 35.4 Å². The Morgan fingerprint density at radius 3 is 2.58 bits per heavy atom. The van der Waals surface area contributed by atoms with Crippen molar-refractivity contribution in [3.63, 3.8) is 0 Å². The highest BCUT2D eigenvalue weighted by molar-refractivity contribution is 6.07. The summed E-state index contributed by atoms with van der Waals surface area (Å²) in [6.45, 7) is 5.42. The highest BCUT2D eigenvalue weighted by Crippen LogP contribution is 2.20. The number of nitrogens with one attached hydrogen (secondary N) is 2. The SMILES string of the molecule is Cc1ccccc1CC[C@@H]1NC(=O)N([C@@H](C(=O)NO)C(C)C)C1=O. The summed E-state index contributed by atoms with van der Waals surface area (Å²) in [6.07, 6.45) is 1.10. The highest BCUT2D eigenvalue weighted by Gasteiger charge is 2.45. The van der Waals surface area contributed by atoms with Gasteiger partial charge in [-0.25, -0.2) is 15.2 Å². The zero-order chi connectivity index (χ0) is 17.9. The molecule has 0 spiro atoms. The molecule has 0 aromatic heterocycles. The molecule has 24 heavy (non-hydrogen) atoms. The van der Waals surface area contributed by atoms with Gasteiger partial charge in [-0.15, -0.1) is 0 Å². The van der Waals surface area contributed by atoms with E-state index in [0.29, 0.717) is 12.8 Å². The predicted molar refractivity (Wildman–Crippen MR) is 87.2 cm³/mol. The van der Waals surface area contributed by atoms with Crippen LogP contribution in [0.2, 0.25) is 0 Å². The molecule has 130 valence electrons. The molecule has 7 heteroatoms. The normalized spacial score (nSPS) is 18.7. The number of hydroxylamine groups is 1. The van der Waals surface area contributed by atoms with Crippen molar-refractivity contribution in [2.45, 2.75) is 45.7 Å². The first-order chi connectivity index (χ1) is 11.4. The van der Waals surface area contributed by atoms with E-state index < -0.39 is 29.9 Å². The summed E-state index contributed by atoms with van der Waals surface area (Å²) in [5.41, 5.74) is 3.78. The van der Waals surface area contributed by atoms with Crippen molar-refractivity contribution in [2.75, 3.05) is 0 Å². The van der Waals surface area contributed by atoms with Gasteiger partial charge in [-0.2, -0.15) is 0 Å². The van der Waals surface area contributed by atoms with Crippen molar-refractivity contribution in [3.8, 4) is 0 Å². The van der Waals surface area contributed by atoms with E-state index in [1.165, 1.54) is 5.48 Å². The number of carbonyl (C=O) groups excluding carboxylic acids is 3. The number of benzene rings is 1. The molecule has 0 unspecified atom stereocenters. The molecule has 1 heterocycles. The molecule has 1 saturated heterocycles. The molecule has 1 fully saturated rings. The molecule has 1 aliphatic rings. The van der Waals surface area contributed by atoms with Crippen LogP contribution >= 0.6 is 0 Å². The van der Waals surface area contributed by atoms with Gasteiger partial charge in [0.15, 0.2) is 0 Å². The summed E-state index contributed by atoms with van der Waals surface area (Å²) in [5.74, 6) is -1.52. The summed E-state index contributed by atoms with van der Waals surface area (Å²) in [5, 5.41) is 11.5. The molecule has 3 N–H and O–H groups in total. The third-order valence-electron chi connectivity index (χ3n) is 4.30. The van der Waals surface area contributed by atoms with E-state index >= 15 is 0 Å². The number of imide groups is 1. The summed E-state index contributed by atoms with van der Waals surface area (Å²) in [4.78, 5) is 37.5. The quantitative estimate of drug-likeness (QED) is 0.416. The number of urea groups is 1. The van der Waals surface area contributed by atoms with E-state index in [2.05, 4.69) is 5.32 Å². The molecule has 0 aliphatic carbocycles. The summed E-state index contributed by atoms with van der Waals surface area (Å²) in [6, 6.07) is 5.57. The molecule has 0 radical (unpaired) electrons. The third-order valence-corrected chi connectivity index (χ3v) is 4.30. The smallest absolute Gasteiger partial charge is 0.325 e. The molecular weight excluding hydrogens is 310 g/mol. The minimum Gasteiger partial charge on any atom is -0.326 e.